The van der Waals surface area contributed by atoms with E-state index in [1.807, 2.05) is 6.07 Å². The van der Waals surface area contributed by atoms with Crippen LogP contribution in [0.4, 0.5) is 0 Å². The molecule has 1 aliphatic rings. The molecule has 180 valence electrons. The predicted molar refractivity (Wildman–Crippen MR) is 158 cm³/mol. The quantitative estimate of drug-likeness (QED) is 0.247. The second-order valence-electron chi connectivity index (χ2n) is 10.1. The monoisotopic (exact) mass is 488 g/mol. The van der Waals surface area contributed by atoms with Crippen molar-refractivity contribution < 1.29 is 8.83 Å². The molecule has 0 radical (unpaired) electrons. The van der Waals surface area contributed by atoms with Crippen LogP contribution in [-0.4, -0.2) is 0 Å². The summed E-state index contributed by atoms with van der Waals surface area (Å²) in [5.74, 6) is 0.384. The lowest BCUT2D eigenvalue weighted by molar-refractivity contribution is 0.658. The highest BCUT2D eigenvalue weighted by atomic mass is 16.3. The minimum Gasteiger partial charge on any atom is -0.455 e. The molecule has 2 aromatic heterocycles. The van der Waals surface area contributed by atoms with Gasteiger partial charge in [-0.3, -0.25) is 0 Å². The Morgan fingerprint density at radius 3 is 1.87 bits per heavy atom. The zero-order chi connectivity index (χ0) is 25.1. The third kappa shape index (κ3) is 3.27. The summed E-state index contributed by atoms with van der Waals surface area (Å²) in [5.41, 5.74) is 9.30. The molecule has 1 unspecified atom stereocenters. The van der Waals surface area contributed by atoms with Gasteiger partial charge in [0, 0.05) is 27.5 Å². The molecule has 0 aliphatic heterocycles. The number of hydrogen-bond donors (Lipinski definition) is 0. The molecule has 2 heteroatoms. The molecule has 8 rings (SSSR count). The summed E-state index contributed by atoms with van der Waals surface area (Å²) in [7, 11) is 0. The molecule has 0 spiro atoms. The summed E-state index contributed by atoms with van der Waals surface area (Å²) in [5, 5.41) is 4.49. The Bertz CT molecular complexity index is 2040. The van der Waals surface area contributed by atoms with Gasteiger partial charge in [0.2, 0.25) is 0 Å². The van der Waals surface area contributed by atoms with Crippen molar-refractivity contribution in [3.05, 3.63) is 133 Å². The zero-order valence-corrected chi connectivity index (χ0v) is 20.7. The largest absolute Gasteiger partial charge is 0.455 e. The number of rotatable bonds is 3. The van der Waals surface area contributed by atoms with Gasteiger partial charge in [-0.05, 0) is 59.0 Å². The van der Waals surface area contributed by atoms with Crippen LogP contribution in [0.25, 0.3) is 66.1 Å². The molecule has 0 bridgehead atoms. The summed E-state index contributed by atoms with van der Waals surface area (Å²) in [4.78, 5) is 0. The van der Waals surface area contributed by atoms with Gasteiger partial charge in [0.1, 0.15) is 22.3 Å². The molecule has 0 fully saturated rings. The molecular formula is C36H24O2. The van der Waals surface area contributed by atoms with E-state index < -0.39 is 0 Å². The number of allylic oxidation sites excluding steroid dienone is 4. The fourth-order valence-electron chi connectivity index (χ4n) is 5.89. The van der Waals surface area contributed by atoms with Crippen LogP contribution in [0.3, 0.4) is 0 Å². The maximum Gasteiger partial charge on any atom is 0.147 e. The highest BCUT2D eigenvalue weighted by Gasteiger charge is 2.22. The van der Waals surface area contributed by atoms with Crippen LogP contribution in [0.5, 0.6) is 0 Å². The minimum absolute atomic E-state index is 0.384. The molecule has 7 aromatic rings. The molecule has 1 aliphatic carbocycles. The van der Waals surface area contributed by atoms with Crippen molar-refractivity contribution in [3.8, 4) is 22.3 Å². The van der Waals surface area contributed by atoms with E-state index in [0.29, 0.717) is 5.92 Å². The van der Waals surface area contributed by atoms with Gasteiger partial charge in [-0.2, -0.15) is 0 Å². The smallest absolute Gasteiger partial charge is 0.147 e. The zero-order valence-electron chi connectivity index (χ0n) is 20.7. The van der Waals surface area contributed by atoms with E-state index in [4.69, 9.17) is 8.83 Å². The van der Waals surface area contributed by atoms with Crippen LogP contribution in [0, 0.1) is 0 Å². The average molecular weight is 489 g/mol. The first-order valence-electron chi connectivity index (χ1n) is 13.1. The van der Waals surface area contributed by atoms with E-state index in [2.05, 4.69) is 121 Å². The third-order valence-electron chi connectivity index (χ3n) is 7.80. The van der Waals surface area contributed by atoms with Crippen molar-refractivity contribution in [2.75, 3.05) is 0 Å². The van der Waals surface area contributed by atoms with E-state index in [9.17, 15) is 0 Å². The van der Waals surface area contributed by atoms with Crippen molar-refractivity contribution in [2.24, 2.45) is 0 Å². The van der Waals surface area contributed by atoms with Crippen molar-refractivity contribution in [1.82, 2.24) is 0 Å². The van der Waals surface area contributed by atoms with Crippen LogP contribution in [0.15, 0.2) is 136 Å². The first-order chi connectivity index (χ1) is 18.8. The molecule has 1 atom stereocenters. The normalized spacial score (nSPS) is 15.3. The molecular weight excluding hydrogens is 464 g/mol. The molecule has 2 heterocycles. The highest BCUT2D eigenvalue weighted by molar-refractivity contribution is 6.22. The predicted octanol–water partition coefficient (Wildman–Crippen LogP) is 10.4. The molecule has 0 amide bonds. The van der Waals surface area contributed by atoms with E-state index >= 15 is 0 Å². The van der Waals surface area contributed by atoms with E-state index in [1.165, 1.54) is 16.7 Å². The van der Waals surface area contributed by atoms with Crippen molar-refractivity contribution in [1.29, 1.82) is 0 Å². The fourth-order valence-corrected chi connectivity index (χ4v) is 5.89. The number of hydrogen-bond acceptors (Lipinski definition) is 2. The fraction of sp³-hybridized carbons (Fsp3) is 0.0556. The van der Waals surface area contributed by atoms with Gasteiger partial charge in [0.25, 0.3) is 0 Å². The Hall–Kier alpha value is -4.82. The van der Waals surface area contributed by atoms with Crippen molar-refractivity contribution in [2.45, 2.75) is 12.3 Å². The topological polar surface area (TPSA) is 26.3 Å². The molecule has 2 nitrogen and oxygen atoms in total. The summed E-state index contributed by atoms with van der Waals surface area (Å²) in [6.07, 6.45) is 9.81. The lowest BCUT2D eigenvalue weighted by Crippen LogP contribution is -1.95. The summed E-state index contributed by atoms with van der Waals surface area (Å²) in [6, 6.07) is 36.4. The first kappa shape index (κ1) is 21.3. The van der Waals surface area contributed by atoms with Crippen LogP contribution in [-0.2, 0) is 0 Å². The standard InChI is InChI=1S/C36H24O2/c1-4-10-23(11-5-1)26-16-18-32-28(20-26)30-22-31-29-21-27(24-12-6-2-7-13-24)17-19-33(29)38-36(31)34(35(30)37-32)25-14-8-3-9-15-25/h1-12,14-22,24H,13H2. The van der Waals surface area contributed by atoms with Gasteiger partial charge in [0.15, 0.2) is 0 Å². The van der Waals surface area contributed by atoms with Gasteiger partial charge in [-0.25, -0.2) is 0 Å². The van der Waals surface area contributed by atoms with Crippen LogP contribution < -0.4 is 0 Å². The lowest BCUT2D eigenvalue weighted by atomic mass is 9.91. The average Bonchev–Trinajstić information content (AvgIpc) is 3.54. The minimum atomic E-state index is 0.384. The van der Waals surface area contributed by atoms with Gasteiger partial charge in [-0.1, -0.05) is 97.1 Å². The number of furan rings is 2. The van der Waals surface area contributed by atoms with Crippen molar-refractivity contribution in [3.63, 3.8) is 0 Å². The summed E-state index contributed by atoms with van der Waals surface area (Å²) in [6.45, 7) is 0. The van der Waals surface area contributed by atoms with Gasteiger partial charge in [-0.15, -0.1) is 0 Å². The molecule has 38 heavy (non-hydrogen) atoms. The lowest BCUT2D eigenvalue weighted by Gasteiger charge is -2.13. The van der Waals surface area contributed by atoms with Gasteiger partial charge >= 0.3 is 0 Å². The molecule has 0 saturated heterocycles. The Kier molecular flexibility index (Phi) is 4.68. The Labute approximate surface area is 220 Å². The van der Waals surface area contributed by atoms with Crippen LogP contribution >= 0.6 is 0 Å². The van der Waals surface area contributed by atoms with Crippen molar-refractivity contribution >= 4 is 43.9 Å². The second kappa shape index (κ2) is 8.36. The van der Waals surface area contributed by atoms with E-state index in [-0.39, 0.29) is 0 Å². The summed E-state index contributed by atoms with van der Waals surface area (Å²) < 4.78 is 13.2. The number of benzene rings is 5. The van der Waals surface area contributed by atoms with Gasteiger partial charge in [0.05, 0.1) is 5.56 Å². The van der Waals surface area contributed by atoms with Crippen LogP contribution in [0.2, 0.25) is 0 Å². The molecule has 0 N–H and O–H groups in total. The Morgan fingerprint density at radius 2 is 1.18 bits per heavy atom. The maximum atomic E-state index is 6.59. The first-order valence-corrected chi connectivity index (χ1v) is 13.1. The Morgan fingerprint density at radius 1 is 0.526 bits per heavy atom. The summed E-state index contributed by atoms with van der Waals surface area (Å²) >= 11 is 0. The molecule has 5 aromatic carbocycles. The Balaban J connectivity index is 1.46. The molecule has 0 saturated carbocycles. The maximum absolute atomic E-state index is 6.59. The van der Waals surface area contributed by atoms with Gasteiger partial charge < -0.3 is 8.83 Å². The highest BCUT2D eigenvalue weighted by Crippen LogP contribution is 2.45. The van der Waals surface area contributed by atoms with E-state index in [1.54, 1.807) is 0 Å². The third-order valence-corrected chi connectivity index (χ3v) is 7.80. The van der Waals surface area contributed by atoms with Crippen LogP contribution in [0.1, 0.15) is 17.9 Å². The number of fused-ring (bicyclic) bond motifs is 6. The SMILES string of the molecule is C1=CCC(c2ccc3oc4c(-c5ccccc5)c5oc6ccc(-c7ccccc7)cc6c5cc4c3c2)C=C1. The van der Waals surface area contributed by atoms with E-state index in [0.717, 1.165) is 61.4 Å². The second-order valence-corrected chi connectivity index (χ2v) is 10.1.